The lowest BCUT2D eigenvalue weighted by atomic mass is 9.80. The average molecular weight is 233 g/mol. The summed E-state index contributed by atoms with van der Waals surface area (Å²) >= 11 is 0. The van der Waals surface area contributed by atoms with Crippen LogP contribution in [0, 0.1) is 0 Å². The van der Waals surface area contributed by atoms with E-state index in [4.69, 9.17) is 10.0 Å². The zero-order valence-electron chi connectivity index (χ0n) is 10.2. The second-order valence-corrected chi connectivity index (χ2v) is 4.77. The molecule has 1 aromatic carbocycles. The Balaban J connectivity index is 1.82. The first-order valence-corrected chi connectivity index (χ1v) is 6.43. The first-order valence-electron chi connectivity index (χ1n) is 6.43. The molecule has 3 nitrogen and oxygen atoms in total. The predicted octanol–water partition coefficient (Wildman–Crippen LogP) is 0.395. The molecule has 1 aliphatic rings. The number of rotatable bonds is 4. The van der Waals surface area contributed by atoms with E-state index >= 15 is 0 Å². The van der Waals surface area contributed by atoms with Crippen LogP contribution in [0.2, 0.25) is 0 Å². The molecule has 1 heterocycles. The summed E-state index contributed by atoms with van der Waals surface area (Å²) in [4.78, 5) is 2.51. The highest BCUT2D eigenvalue weighted by Crippen LogP contribution is 2.09. The van der Waals surface area contributed by atoms with Crippen molar-refractivity contribution in [1.29, 1.82) is 0 Å². The zero-order valence-corrected chi connectivity index (χ0v) is 10.2. The second-order valence-electron chi connectivity index (χ2n) is 4.77. The van der Waals surface area contributed by atoms with Gasteiger partial charge in [-0.3, -0.25) is 0 Å². The maximum absolute atomic E-state index is 9.00. The molecule has 0 aromatic heterocycles. The maximum Gasteiger partial charge on any atom is 0.488 e. The van der Waals surface area contributed by atoms with E-state index in [2.05, 4.69) is 4.90 Å². The van der Waals surface area contributed by atoms with Gasteiger partial charge in [0.2, 0.25) is 0 Å². The Kier molecular flexibility index (Phi) is 4.60. The highest BCUT2D eigenvalue weighted by atomic mass is 16.4. The van der Waals surface area contributed by atoms with Gasteiger partial charge in [-0.1, -0.05) is 30.7 Å². The van der Waals surface area contributed by atoms with Crippen LogP contribution < -0.4 is 5.46 Å². The van der Waals surface area contributed by atoms with Crippen molar-refractivity contribution >= 4 is 12.6 Å². The van der Waals surface area contributed by atoms with E-state index in [0.29, 0.717) is 5.46 Å². The molecule has 1 aliphatic heterocycles. The van der Waals surface area contributed by atoms with E-state index in [-0.39, 0.29) is 0 Å². The quantitative estimate of drug-likeness (QED) is 0.739. The minimum atomic E-state index is -1.36. The van der Waals surface area contributed by atoms with Gasteiger partial charge < -0.3 is 14.9 Å². The van der Waals surface area contributed by atoms with Gasteiger partial charge in [-0.2, -0.15) is 0 Å². The highest BCUT2D eigenvalue weighted by molar-refractivity contribution is 6.58. The van der Waals surface area contributed by atoms with Crippen molar-refractivity contribution < 1.29 is 10.0 Å². The van der Waals surface area contributed by atoms with Crippen molar-refractivity contribution in [2.24, 2.45) is 0 Å². The number of benzene rings is 1. The Bertz CT molecular complexity index is 334. The molecule has 1 fully saturated rings. The summed E-state index contributed by atoms with van der Waals surface area (Å²) < 4.78 is 0. The molecule has 0 aliphatic carbocycles. The number of nitrogens with zero attached hydrogens (tertiary/aromatic N) is 1. The maximum atomic E-state index is 9.00. The van der Waals surface area contributed by atoms with Crippen LogP contribution in [0.15, 0.2) is 24.3 Å². The molecule has 0 spiro atoms. The molecule has 0 bridgehead atoms. The van der Waals surface area contributed by atoms with Gasteiger partial charge in [0.15, 0.2) is 0 Å². The largest absolute Gasteiger partial charge is 0.488 e. The van der Waals surface area contributed by atoms with Crippen molar-refractivity contribution in [3.63, 3.8) is 0 Å². The SMILES string of the molecule is OB(O)c1ccc(CCN2CCCCC2)cc1. The monoisotopic (exact) mass is 233 g/mol. The Labute approximate surface area is 103 Å². The minimum Gasteiger partial charge on any atom is -0.423 e. The summed E-state index contributed by atoms with van der Waals surface area (Å²) in [6.45, 7) is 3.57. The Morgan fingerprint density at radius 2 is 1.65 bits per heavy atom. The van der Waals surface area contributed by atoms with Gasteiger partial charge in [-0.05, 0) is 43.4 Å². The molecule has 0 radical (unpaired) electrons. The molecule has 0 saturated carbocycles. The first kappa shape index (κ1) is 12.6. The third-order valence-electron chi connectivity index (χ3n) is 3.44. The lowest BCUT2D eigenvalue weighted by Gasteiger charge is -2.26. The van der Waals surface area contributed by atoms with Crippen LogP contribution in [0.25, 0.3) is 0 Å². The molecule has 4 heteroatoms. The van der Waals surface area contributed by atoms with Gasteiger partial charge in [0, 0.05) is 6.54 Å². The Morgan fingerprint density at radius 3 is 2.24 bits per heavy atom. The van der Waals surface area contributed by atoms with E-state index in [1.165, 1.54) is 37.9 Å². The van der Waals surface area contributed by atoms with Crippen LogP contribution >= 0.6 is 0 Å². The van der Waals surface area contributed by atoms with Crippen molar-refractivity contribution in [2.45, 2.75) is 25.7 Å². The molecule has 17 heavy (non-hydrogen) atoms. The van der Waals surface area contributed by atoms with Crippen LogP contribution in [0.4, 0.5) is 0 Å². The molecule has 1 saturated heterocycles. The van der Waals surface area contributed by atoms with Gasteiger partial charge >= 0.3 is 7.12 Å². The normalized spacial score (nSPS) is 17.1. The molecule has 0 amide bonds. The van der Waals surface area contributed by atoms with Gasteiger partial charge in [0.1, 0.15) is 0 Å². The molecular formula is C13H20BNO2. The number of hydrogen-bond acceptors (Lipinski definition) is 3. The van der Waals surface area contributed by atoms with E-state index in [1.54, 1.807) is 12.1 Å². The first-order chi connectivity index (χ1) is 8.25. The molecule has 0 atom stereocenters. The van der Waals surface area contributed by atoms with Crippen LogP contribution in [-0.2, 0) is 6.42 Å². The van der Waals surface area contributed by atoms with E-state index < -0.39 is 7.12 Å². The molecule has 2 N–H and O–H groups in total. The fourth-order valence-electron chi connectivity index (χ4n) is 2.33. The lowest BCUT2D eigenvalue weighted by molar-refractivity contribution is 0.231. The van der Waals surface area contributed by atoms with Crippen LogP contribution in [-0.4, -0.2) is 41.7 Å². The van der Waals surface area contributed by atoms with Gasteiger partial charge in [-0.25, -0.2) is 0 Å². The third kappa shape index (κ3) is 3.84. The number of likely N-dealkylation sites (tertiary alicyclic amines) is 1. The Hall–Kier alpha value is -0.835. The van der Waals surface area contributed by atoms with E-state index in [0.717, 1.165) is 13.0 Å². The molecule has 1 aromatic rings. The standard InChI is InChI=1S/C13H20BNO2/c16-14(17)13-6-4-12(5-7-13)8-11-15-9-2-1-3-10-15/h4-7,16-17H,1-3,8-11H2. The van der Waals surface area contributed by atoms with Gasteiger partial charge in [0.05, 0.1) is 0 Å². The fraction of sp³-hybridized carbons (Fsp3) is 0.538. The predicted molar refractivity (Wildman–Crippen MR) is 70.3 cm³/mol. The van der Waals surface area contributed by atoms with Crippen LogP contribution in [0.3, 0.4) is 0 Å². The van der Waals surface area contributed by atoms with Crippen molar-refractivity contribution in [3.8, 4) is 0 Å². The Morgan fingerprint density at radius 1 is 1.00 bits per heavy atom. The molecular weight excluding hydrogens is 213 g/mol. The molecule has 2 rings (SSSR count). The van der Waals surface area contributed by atoms with Crippen LogP contribution in [0.5, 0.6) is 0 Å². The summed E-state index contributed by atoms with van der Waals surface area (Å²) in [5, 5.41) is 18.0. The number of hydrogen-bond donors (Lipinski definition) is 2. The summed E-state index contributed by atoms with van der Waals surface area (Å²) in [7, 11) is -1.36. The fourth-order valence-corrected chi connectivity index (χ4v) is 2.33. The summed E-state index contributed by atoms with van der Waals surface area (Å²) in [5.74, 6) is 0. The summed E-state index contributed by atoms with van der Waals surface area (Å²) in [5.41, 5.74) is 1.83. The second kappa shape index (κ2) is 6.19. The third-order valence-corrected chi connectivity index (χ3v) is 3.44. The zero-order chi connectivity index (χ0) is 12.1. The van der Waals surface area contributed by atoms with E-state index in [1.807, 2.05) is 12.1 Å². The smallest absolute Gasteiger partial charge is 0.423 e. The summed E-state index contributed by atoms with van der Waals surface area (Å²) in [6, 6.07) is 7.55. The van der Waals surface area contributed by atoms with E-state index in [9.17, 15) is 0 Å². The molecule has 92 valence electrons. The highest BCUT2D eigenvalue weighted by Gasteiger charge is 2.11. The average Bonchev–Trinajstić information content (AvgIpc) is 2.38. The minimum absolute atomic E-state index is 0.562. The van der Waals surface area contributed by atoms with Crippen molar-refractivity contribution in [3.05, 3.63) is 29.8 Å². The summed E-state index contributed by atoms with van der Waals surface area (Å²) in [6.07, 6.45) is 5.08. The molecule has 0 unspecified atom stereocenters. The van der Waals surface area contributed by atoms with Gasteiger partial charge in [-0.15, -0.1) is 0 Å². The lowest BCUT2D eigenvalue weighted by Crippen LogP contribution is -2.32. The van der Waals surface area contributed by atoms with Gasteiger partial charge in [0.25, 0.3) is 0 Å². The van der Waals surface area contributed by atoms with Crippen LogP contribution in [0.1, 0.15) is 24.8 Å². The topological polar surface area (TPSA) is 43.7 Å². The number of piperidine rings is 1. The van der Waals surface area contributed by atoms with Crippen molar-refractivity contribution in [2.75, 3.05) is 19.6 Å². The van der Waals surface area contributed by atoms with Crippen molar-refractivity contribution in [1.82, 2.24) is 4.90 Å².